The van der Waals surface area contributed by atoms with Crippen molar-refractivity contribution < 1.29 is 17.9 Å². The number of Topliss-reactive ketones (excluding diaryl/α,β-unsaturated/α-hetero) is 1. The van der Waals surface area contributed by atoms with Crippen LogP contribution in [0.25, 0.3) is 5.57 Å². The third-order valence-electron chi connectivity index (χ3n) is 7.87. The number of hydrogen-bond acceptors (Lipinski definition) is 6. The van der Waals surface area contributed by atoms with E-state index in [0.29, 0.717) is 28.9 Å². The van der Waals surface area contributed by atoms with Gasteiger partial charge in [-0.25, -0.2) is 0 Å². The molecule has 1 saturated heterocycles. The van der Waals surface area contributed by atoms with Crippen LogP contribution in [0.3, 0.4) is 0 Å². The van der Waals surface area contributed by atoms with Crippen LogP contribution in [-0.2, 0) is 22.0 Å². The summed E-state index contributed by atoms with van der Waals surface area (Å²) in [5, 5.41) is 9.36. The molecule has 1 fully saturated rings. The first-order chi connectivity index (χ1) is 17.4. The van der Waals surface area contributed by atoms with Crippen LogP contribution in [0.15, 0.2) is 35.9 Å². The van der Waals surface area contributed by atoms with Crippen LogP contribution in [0.1, 0.15) is 59.3 Å². The smallest absolute Gasteiger partial charge is 0.301 e. The van der Waals surface area contributed by atoms with E-state index in [9.17, 15) is 18.5 Å². The van der Waals surface area contributed by atoms with Crippen molar-refractivity contribution in [3.63, 3.8) is 0 Å². The molecule has 1 N–H and O–H groups in total. The summed E-state index contributed by atoms with van der Waals surface area (Å²) in [7, 11) is 1.15. The molecule has 0 radical (unpaired) electrons. The lowest BCUT2D eigenvalue weighted by Crippen LogP contribution is -2.36. The highest BCUT2D eigenvalue weighted by Gasteiger charge is 2.43. The molecule has 8 nitrogen and oxygen atoms in total. The number of nitrogens with one attached hydrogen (secondary N) is 1. The van der Waals surface area contributed by atoms with Crippen molar-refractivity contribution in [2.45, 2.75) is 44.6 Å². The normalized spacial score (nSPS) is 19.3. The number of hydrogen-bond donors (Lipinski definition) is 1. The van der Waals surface area contributed by atoms with E-state index >= 15 is 0 Å². The summed E-state index contributed by atoms with van der Waals surface area (Å²) in [4.78, 5) is 16.2. The molecule has 1 aliphatic heterocycles. The molecule has 194 valence electrons. The van der Waals surface area contributed by atoms with E-state index in [-0.39, 0.29) is 17.6 Å². The number of likely N-dealkylation sites (tertiary alicyclic amines) is 1. The van der Waals surface area contributed by atoms with Gasteiger partial charge in [0.05, 0.1) is 17.3 Å². The second-order valence-electron chi connectivity index (χ2n) is 10.9. The van der Waals surface area contributed by atoms with Gasteiger partial charge in [-0.15, -0.1) is 0 Å². The van der Waals surface area contributed by atoms with Crippen LogP contribution in [-0.4, -0.2) is 63.7 Å². The summed E-state index contributed by atoms with van der Waals surface area (Å²) < 4.78 is 35.8. The number of nitriles is 1. The van der Waals surface area contributed by atoms with Gasteiger partial charge >= 0.3 is 10.2 Å². The average molecular weight is 521 g/mol. The van der Waals surface area contributed by atoms with Crippen molar-refractivity contribution in [1.82, 2.24) is 9.21 Å². The van der Waals surface area contributed by atoms with Crippen molar-refractivity contribution in [3.05, 3.63) is 63.7 Å². The Labute approximate surface area is 218 Å². The zero-order valence-corrected chi connectivity index (χ0v) is 22.7. The third kappa shape index (κ3) is 4.33. The van der Waals surface area contributed by atoms with Gasteiger partial charge in [0, 0.05) is 43.7 Å². The zero-order valence-electron chi connectivity index (χ0n) is 21.9. The van der Waals surface area contributed by atoms with Crippen molar-refractivity contribution in [2.24, 2.45) is 0 Å². The van der Waals surface area contributed by atoms with Crippen LogP contribution < -0.4 is 9.46 Å². The second kappa shape index (κ2) is 8.98. The first-order valence-corrected chi connectivity index (χ1v) is 13.9. The second-order valence-corrected chi connectivity index (χ2v) is 12.8. The number of rotatable bonds is 5. The van der Waals surface area contributed by atoms with Gasteiger partial charge in [-0.05, 0) is 72.8 Å². The molecule has 0 saturated carbocycles. The number of nitrogens with zero attached hydrogens (tertiary/aromatic N) is 3. The number of carbonyl (C=O) groups is 1. The fraction of sp³-hybridized carbons (Fsp3) is 0.429. The number of piperidine rings is 1. The maximum absolute atomic E-state index is 13.9. The van der Waals surface area contributed by atoms with E-state index in [4.69, 9.17) is 4.74 Å². The molecule has 37 heavy (non-hydrogen) atoms. The highest BCUT2D eigenvalue weighted by molar-refractivity contribution is 7.90. The molecular weight excluding hydrogens is 488 g/mol. The molecule has 2 aliphatic carbocycles. The first kappa shape index (κ1) is 25.5. The number of fused-ring (bicyclic) bond motifs is 3. The molecule has 0 spiro atoms. The van der Waals surface area contributed by atoms with Crippen LogP contribution in [0.2, 0.25) is 0 Å². The molecule has 2 aromatic carbocycles. The monoisotopic (exact) mass is 520 g/mol. The molecule has 5 rings (SSSR count). The van der Waals surface area contributed by atoms with E-state index in [2.05, 4.69) is 36.6 Å². The Bertz CT molecular complexity index is 1480. The minimum absolute atomic E-state index is 0.0471. The molecular formula is C28H32N4O4S. The molecule has 0 amide bonds. The van der Waals surface area contributed by atoms with Crippen molar-refractivity contribution in [1.29, 1.82) is 5.26 Å². The molecule has 1 heterocycles. The molecule has 3 aliphatic rings. The zero-order chi connectivity index (χ0) is 26.7. The Morgan fingerprint density at radius 3 is 2.49 bits per heavy atom. The summed E-state index contributed by atoms with van der Waals surface area (Å²) in [6.07, 6.45) is 2.22. The van der Waals surface area contributed by atoms with Gasteiger partial charge in [0.1, 0.15) is 11.9 Å². The Balaban J connectivity index is 1.62. The van der Waals surface area contributed by atoms with E-state index in [1.54, 1.807) is 12.1 Å². The van der Waals surface area contributed by atoms with Gasteiger partial charge in [-0.3, -0.25) is 9.52 Å². The van der Waals surface area contributed by atoms with Gasteiger partial charge in [0.15, 0.2) is 5.78 Å². The summed E-state index contributed by atoms with van der Waals surface area (Å²) in [5.41, 5.74) is 5.11. The van der Waals surface area contributed by atoms with Crippen molar-refractivity contribution in [2.75, 3.05) is 39.0 Å². The lowest BCUT2D eigenvalue weighted by molar-refractivity contribution is 0.105. The lowest BCUT2D eigenvalue weighted by atomic mass is 9.68. The van der Waals surface area contributed by atoms with Gasteiger partial charge < -0.3 is 9.64 Å². The van der Waals surface area contributed by atoms with Gasteiger partial charge in [0.25, 0.3) is 0 Å². The van der Waals surface area contributed by atoms with E-state index in [1.807, 2.05) is 18.2 Å². The average Bonchev–Trinajstić information content (AvgIpc) is 3.24. The van der Waals surface area contributed by atoms with Crippen molar-refractivity contribution in [3.8, 4) is 11.8 Å². The van der Waals surface area contributed by atoms with E-state index in [1.165, 1.54) is 14.1 Å². The number of ether oxygens (including phenoxy) is 1. The Hall–Kier alpha value is -3.19. The number of benzene rings is 2. The summed E-state index contributed by atoms with van der Waals surface area (Å²) in [6.45, 7) is 5.98. The predicted octanol–water partition coefficient (Wildman–Crippen LogP) is 3.73. The summed E-state index contributed by atoms with van der Waals surface area (Å²) in [6, 6.07) is 11.1. The molecule has 0 unspecified atom stereocenters. The number of anilines is 1. The largest absolute Gasteiger partial charge is 0.488 e. The SMILES string of the molecule is CN1CCC(Oc2cc3c(cc2NS(=O)(=O)N(C)C)C(=O)C2=C(Cc4cc(C#N)ccc42)C3(C)C)CC1. The Morgan fingerprint density at radius 1 is 1.14 bits per heavy atom. The fourth-order valence-corrected chi connectivity index (χ4v) is 6.18. The van der Waals surface area contributed by atoms with Crippen LogP contribution in [0.4, 0.5) is 5.69 Å². The Morgan fingerprint density at radius 2 is 1.84 bits per heavy atom. The highest BCUT2D eigenvalue weighted by atomic mass is 32.2. The maximum Gasteiger partial charge on any atom is 0.301 e. The van der Waals surface area contributed by atoms with Crippen LogP contribution in [0.5, 0.6) is 5.75 Å². The number of allylic oxidation sites excluding steroid dienone is 2. The molecule has 2 aromatic rings. The third-order valence-corrected chi connectivity index (χ3v) is 9.31. The van der Waals surface area contributed by atoms with Crippen LogP contribution >= 0.6 is 0 Å². The highest BCUT2D eigenvalue weighted by Crippen LogP contribution is 2.51. The van der Waals surface area contributed by atoms with Crippen molar-refractivity contribution >= 4 is 27.3 Å². The molecule has 0 atom stereocenters. The van der Waals surface area contributed by atoms with E-state index in [0.717, 1.165) is 52.5 Å². The topological polar surface area (TPSA) is 103 Å². The molecule has 0 bridgehead atoms. The van der Waals surface area contributed by atoms with E-state index < -0.39 is 15.6 Å². The van der Waals surface area contributed by atoms with Gasteiger partial charge in [-0.1, -0.05) is 19.9 Å². The summed E-state index contributed by atoms with van der Waals surface area (Å²) >= 11 is 0. The number of ketones is 1. The minimum atomic E-state index is -3.83. The standard InChI is InChI=1S/C28H32N4O4S/c1-28(2)22-15-25(36-19-8-10-32(5)11-9-19)24(30-37(34,35)31(3)4)14-21(22)27(33)26-20-7-6-17(16-29)12-18(20)13-23(26)28/h6-7,12,14-15,19,30H,8-11,13H2,1-5H3. The Kier molecular flexibility index (Phi) is 6.18. The van der Waals surface area contributed by atoms with Gasteiger partial charge in [-0.2, -0.15) is 18.0 Å². The van der Waals surface area contributed by atoms with Gasteiger partial charge in [0.2, 0.25) is 0 Å². The predicted molar refractivity (Wildman–Crippen MR) is 143 cm³/mol. The molecule has 0 aromatic heterocycles. The number of carbonyl (C=O) groups excluding carboxylic acids is 1. The minimum Gasteiger partial charge on any atom is -0.488 e. The maximum atomic E-state index is 13.9. The van der Waals surface area contributed by atoms with Crippen LogP contribution in [0, 0.1) is 11.3 Å². The summed E-state index contributed by atoms with van der Waals surface area (Å²) in [5.74, 6) is 0.301. The fourth-order valence-electron chi connectivity index (χ4n) is 5.56. The lowest BCUT2D eigenvalue weighted by Gasteiger charge is -2.36. The first-order valence-electron chi connectivity index (χ1n) is 12.5. The molecule has 9 heteroatoms. The quantitative estimate of drug-likeness (QED) is 0.645.